The fourth-order valence-electron chi connectivity index (χ4n) is 1.82. The second-order valence-electron chi connectivity index (χ2n) is 5.00. The van der Waals surface area contributed by atoms with Gasteiger partial charge in [0.15, 0.2) is 8.22 Å². The van der Waals surface area contributed by atoms with Crippen molar-refractivity contribution < 1.29 is 14.3 Å². The third-order valence-electron chi connectivity index (χ3n) is 3.02. The van der Waals surface area contributed by atoms with Crippen molar-refractivity contribution in [3.05, 3.63) is 0 Å². The molecule has 0 amide bonds. The normalized spacial score (nSPS) is 13.8. The molecule has 0 heterocycles. The zero-order chi connectivity index (χ0) is 15.2. The van der Waals surface area contributed by atoms with E-state index in [1.54, 1.807) is 0 Å². The zero-order valence-electron chi connectivity index (χ0n) is 12.7. The molecule has 20 heavy (non-hydrogen) atoms. The summed E-state index contributed by atoms with van der Waals surface area (Å²) in [5.41, 5.74) is 0. The van der Waals surface area contributed by atoms with Gasteiger partial charge in [0.25, 0.3) is 0 Å². The van der Waals surface area contributed by atoms with E-state index in [2.05, 4.69) is 59.0 Å². The Morgan fingerprint density at radius 2 is 1.20 bits per heavy atom. The number of unbranched alkanes of at least 4 members (excludes halogenated alkanes) is 6. The number of hydrogen-bond acceptors (Lipinski definition) is 3. The van der Waals surface area contributed by atoms with Crippen LogP contribution >= 0.6 is 45.2 Å². The highest BCUT2D eigenvalue weighted by atomic mass is 127. The Hall–Kier alpha value is 0.730. The van der Waals surface area contributed by atoms with Crippen LogP contribution in [-0.4, -0.2) is 14.4 Å². The maximum Gasteiger partial charge on any atom is 0.510 e. The molecule has 0 aromatic carbocycles. The van der Waals surface area contributed by atoms with Crippen LogP contribution < -0.4 is 0 Å². The first-order chi connectivity index (χ1) is 9.60. The number of carbonyl (C=O) groups is 1. The highest BCUT2D eigenvalue weighted by Crippen LogP contribution is 2.18. The number of alkyl halides is 2. The summed E-state index contributed by atoms with van der Waals surface area (Å²) in [5, 5.41) is 0. The second-order valence-corrected chi connectivity index (χ2v) is 7.78. The molecule has 0 aliphatic heterocycles. The van der Waals surface area contributed by atoms with Gasteiger partial charge in [0.2, 0.25) is 0 Å². The number of halogens is 2. The summed E-state index contributed by atoms with van der Waals surface area (Å²) in [5.74, 6) is 0. The summed E-state index contributed by atoms with van der Waals surface area (Å²) in [6.45, 7) is 4.38. The quantitative estimate of drug-likeness (QED) is 0.129. The van der Waals surface area contributed by atoms with Gasteiger partial charge in [-0.25, -0.2) is 4.79 Å². The van der Waals surface area contributed by atoms with Gasteiger partial charge in [0, 0.05) is 0 Å². The molecule has 0 aliphatic carbocycles. The lowest BCUT2D eigenvalue weighted by Gasteiger charge is -2.14. The molecule has 0 fully saturated rings. The van der Waals surface area contributed by atoms with Crippen LogP contribution in [0.4, 0.5) is 4.79 Å². The van der Waals surface area contributed by atoms with E-state index in [0.717, 1.165) is 25.7 Å². The molecule has 0 saturated carbocycles. The van der Waals surface area contributed by atoms with Gasteiger partial charge in [-0.15, -0.1) is 0 Å². The number of ether oxygens (including phenoxy) is 2. The van der Waals surface area contributed by atoms with Crippen LogP contribution in [0.2, 0.25) is 0 Å². The van der Waals surface area contributed by atoms with Crippen molar-refractivity contribution in [2.24, 2.45) is 0 Å². The van der Waals surface area contributed by atoms with Crippen molar-refractivity contribution in [2.45, 2.75) is 86.3 Å². The van der Waals surface area contributed by atoms with Gasteiger partial charge in [-0.1, -0.05) is 52.4 Å². The third kappa shape index (κ3) is 13.7. The zero-order valence-corrected chi connectivity index (χ0v) is 17.0. The Labute approximate surface area is 151 Å². The molecule has 0 rings (SSSR count). The fraction of sp³-hybridized carbons (Fsp3) is 0.933. The Morgan fingerprint density at radius 1 is 0.800 bits per heavy atom. The van der Waals surface area contributed by atoms with Crippen molar-refractivity contribution in [3.63, 3.8) is 0 Å². The summed E-state index contributed by atoms with van der Waals surface area (Å²) in [7, 11) is 0. The predicted molar refractivity (Wildman–Crippen MR) is 101 cm³/mol. The summed E-state index contributed by atoms with van der Waals surface area (Å²) in [4.78, 5) is 11.6. The summed E-state index contributed by atoms with van der Waals surface area (Å²) >= 11 is 4.34. The molecule has 0 saturated heterocycles. The first kappa shape index (κ1) is 20.7. The molecule has 120 valence electrons. The molecular formula is C15H28I2O3. The van der Waals surface area contributed by atoms with E-state index in [9.17, 15) is 4.79 Å². The lowest BCUT2D eigenvalue weighted by Crippen LogP contribution is -2.17. The van der Waals surface area contributed by atoms with E-state index in [4.69, 9.17) is 9.47 Å². The van der Waals surface area contributed by atoms with Crippen molar-refractivity contribution >= 4 is 51.3 Å². The van der Waals surface area contributed by atoms with Crippen molar-refractivity contribution in [3.8, 4) is 0 Å². The monoisotopic (exact) mass is 510 g/mol. The lowest BCUT2D eigenvalue weighted by molar-refractivity contribution is 0.0435. The Morgan fingerprint density at radius 3 is 1.55 bits per heavy atom. The Kier molecular flexibility index (Phi) is 15.2. The molecule has 2 atom stereocenters. The molecule has 2 unspecified atom stereocenters. The molecule has 0 bridgehead atoms. The maximum atomic E-state index is 11.6. The van der Waals surface area contributed by atoms with Crippen molar-refractivity contribution in [2.75, 3.05) is 0 Å². The first-order valence-electron chi connectivity index (χ1n) is 7.75. The van der Waals surface area contributed by atoms with Crippen molar-refractivity contribution in [1.29, 1.82) is 0 Å². The highest BCUT2D eigenvalue weighted by molar-refractivity contribution is 14.1. The second kappa shape index (κ2) is 14.7. The summed E-state index contributed by atoms with van der Waals surface area (Å²) in [6.07, 6.45) is 10.9. The predicted octanol–water partition coefficient (Wildman–Crippen LogP) is 6.60. The Balaban J connectivity index is 3.59. The van der Waals surface area contributed by atoms with Gasteiger partial charge in [0.1, 0.15) is 0 Å². The van der Waals surface area contributed by atoms with E-state index in [1.807, 2.05) is 0 Å². The maximum absolute atomic E-state index is 11.6. The first-order valence-corrected chi connectivity index (χ1v) is 10.2. The minimum atomic E-state index is -0.519. The van der Waals surface area contributed by atoms with Crippen LogP contribution in [0.25, 0.3) is 0 Å². The van der Waals surface area contributed by atoms with Gasteiger partial charge < -0.3 is 9.47 Å². The van der Waals surface area contributed by atoms with E-state index in [0.29, 0.717) is 0 Å². The minimum Gasteiger partial charge on any atom is -0.420 e. The van der Waals surface area contributed by atoms with Gasteiger partial charge in [-0.05, 0) is 70.9 Å². The number of carbonyl (C=O) groups excluding carboxylic acids is 1. The average molecular weight is 510 g/mol. The standard InChI is InChI=1S/C15H28I2O3/c1-3-5-7-9-11-13(16)19-15(18)20-14(17)12-10-8-6-4-2/h13-14H,3-12H2,1-2H3. The summed E-state index contributed by atoms with van der Waals surface area (Å²) < 4.78 is 10.4. The average Bonchev–Trinajstić information content (AvgIpc) is 2.39. The van der Waals surface area contributed by atoms with Crippen LogP contribution in [0.5, 0.6) is 0 Å². The van der Waals surface area contributed by atoms with Gasteiger partial charge in [0.05, 0.1) is 0 Å². The van der Waals surface area contributed by atoms with Crippen LogP contribution in [0, 0.1) is 0 Å². The molecule has 0 radical (unpaired) electrons. The van der Waals surface area contributed by atoms with E-state index in [1.165, 1.54) is 38.5 Å². The number of rotatable bonds is 12. The van der Waals surface area contributed by atoms with Gasteiger partial charge >= 0.3 is 6.16 Å². The fourth-order valence-corrected chi connectivity index (χ4v) is 3.11. The minimum absolute atomic E-state index is 0.0688. The molecular weight excluding hydrogens is 482 g/mol. The number of hydrogen-bond donors (Lipinski definition) is 0. The van der Waals surface area contributed by atoms with E-state index < -0.39 is 6.16 Å². The molecule has 0 N–H and O–H groups in total. The molecule has 5 heteroatoms. The lowest BCUT2D eigenvalue weighted by atomic mass is 10.2. The Bertz CT molecular complexity index is 215. The molecule has 0 aliphatic rings. The molecule has 0 spiro atoms. The topological polar surface area (TPSA) is 35.5 Å². The highest BCUT2D eigenvalue weighted by Gasteiger charge is 2.15. The third-order valence-corrected chi connectivity index (χ3v) is 4.77. The van der Waals surface area contributed by atoms with Crippen LogP contribution in [0.1, 0.15) is 78.1 Å². The summed E-state index contributed by atoms with van der Waals surface area (Å²) in [6, 6.07) is 0. The van der Waals surface area contributed by atoms with Crippen molar-refractivity contribution in [1.82, 2.24) is 0 Å². The smallest absolute Gasteiger partial charge is 0.420 e. The van der Waals surface area contributed by atoms with Crippen LogP contribution in [-0.2, 0) is 9.47 Å². The van der Waals surface area contributed by atoms with E-state index >= 15 is 0 Å². The van der Waals surface area contributed by atoms with Crippen LogP contribution in [0.3, 0.4) is 0 Å². The van der Waals surface area contributed by atoms with Gasteiger partial charge in [-0.2, -0.15) is 0 Å². The molecule has 0 aromatic rings. The largest absolute Gasteiger partial charge is 0.510 e. The molecule has 0 aromatic heterocycles. The van der Waals surface area contributed by atoms with E-state index in [-0.39, 0.29) is 8.22 Å². The SMILES string of the molecule is CCCCCCC(I)OC(=O)OC(I)CCCCCC. The van der Waals surface area contributed by atoms with Gasteiger partial charge in [-0.3, -0.25) is 0 Å². The van der Waals surface area contributed by atoms with Crippen LogP contribution in [0.15, 0.2) is 0 Å². The molecule has 3 nitrogen and oxygen atoms in total.